The van der Waals surface area contributed by atoms with Gasteiger partial charge in [-0.2, -0.15) is 0 Å². The zero-order valence-corrected chi connectivity index (χ0v) is 16.2. The normalized spacial score (nSPS) is 15.9. The molecule has 0 saturated heterocycles. The Labute approximate surface area is 163 Å². The van der Waals surface area contributed by atoms with Crippen LogP contribution in [0.3, 0.4) is 0 Å². The van der Waals surface area contributed by atoms with E-state index in [4.69, 9.17) is 9.47 Å². The molecule has 0 N–H and O–H groups in total. The van der Waals surface area contributed by atoms with E-state index in [1.165, 1.54) is 10.5 Å². The van der Waals surface area contributed by atoms with Gasteiger partial charge in [0.2, 0.25) is 6.79 Å². The maximum Gasteiger partial charge on any atom is 0.258 e. The summed E-state index contributed by atoms with van der Waals surface area (Å²) in [4.78, 5) is 16.4. The molecule has 0 aromatic heterocycles. The predicted octanol–water partition coefficient (Wildman–Crippen LogP) is 5.12. The average Bonchev–Trinajstić information content (AvgIpc) is 3.08. The monoisotopic (exact) mass is 379 g/mol. The van der Waals surface area contributed by atoms with E-state index in [2.05, 4.69) is 31.4 Å². The number of para-hydroxylation sites is 1. The number of hydrogen-bond acceptors (Lipinski definition) is 4. The lowest BCUT2D eigenvalue weighted by Crippen LogP contribution is -2.32. The molecule has 0 fully saturated rings. The number of fused-ring (bicyclic) bond motifs is 2. The molecule has 0 saturated carbocycles. The first-order valence-electron chi connectivity index (χ1n) is 8.89. The number of carbonyl (C=O) groups excluding carboxylic acids is 1. The summed E-state index contributed by atoms with van der Waals surface area (Å²) in [7, 11) is 0. The SMILES string of the molecule is CS/C(C)=C\C1=Cc2ccccc2N(C(=O)c2ccc3c(c2)OCO3)CC1. The van der Waals surface area contributed by atoms with Gasteiger partial charge in [-0.15, -0.1) is 11.8 Å². The van der Waals surface area contributed by atoms with Crippen LogP contribution in [0.1, 0.15) is 29.3 Å². The lowest BCUT2D eigenvalue weighted by Gasteiger charge is -2.23. The number of allylic oxidation sites excluding steroid dienone is 2. The first kappa shape index (κ1) is 17.7. The number of rotatable bonds is 3. The standard InChI is InChI=1S/C22H21NO3S/c1-15(27-2)11-16-9-10-23(19-6-4-3-5-17(19)12-16)22(24)18-7-8-20-21(13-18)26-14-25-20/h3-8,11-13H,9-10,14H2,1-2H3/b15-11-. The highest BCUT2D eigenvalue weighted by Crippen LogP contribution is 2.35. The topological polar surface area (TPSA) is 38.8 Å². The number of carbonyl (C=O) groups is 1. The third-order valence-corrected chi connectivity index (χ3v) is 5.53. The number of anilines is 1. The van der Waals surface area contributed by atoms with Crippen LogP contribution >= 0.6 is 11.8 Å². The highest BCUT2D eigenvalue weighted by molar-refractivity contribution is 8.02. The summed E-state index contributed by atoms with van der Waals surface area (Å²) in [6.07, 6.45) is 7.27. The quantitative estimate of drug-likeness (QED) is 0.742. The Bertz CT molecular complexity index is 948. The molecule has 27 heavy (non-hydrogen) atoms. The lowest BCUT2D eigenvalue weighted by molar-refractivity contribution is 0.0987. The van der Waals surface area contributed by atoms with Gasteiger partial charge in [0.15, 0.2) is 11.5 Å². The van der Waals surface area contributed by atoms with Crippen molar-refractivity contribution in [3.05, 3.63) is 70.1 Å². The second-order valence-electron chi connectivity index (χ2n) is 6.51. The van der Waals surface area contributed by atoms with Crippen LogP contribution in [0.2, 0.25) is 0 Å². The molecule has 0 spiro atoms. The van der Waals surface area contributed by atoms with Gasteiger partial charge in [-0.1, -0.05) is 18.2 Å². The smallest absolute Gasteiger partial charge is 0.258 e. The van der Waals surface area contributed by atoms with Crippen LogP contribution in [0.25, 0.3) is 6.08 Å². The maximum atomic E-state index is 13.3. The largest absolute Gasteiger partial charge is 0.454 e. The molecule has 2 aromatic carbocycles. The number of nitrogens with zero attached hydrogens (tertiary/aromatic N) is 1. The van der Waals surface area contributed by atoms with E-state index in [-0.39, 0.29) is 12.7 Å². The van der Waals surface area contributed by atoms with Gasteiger partial charge in [0.25, 0.3) is 5.91 Å². The molecule has 2 aliphatic rings. The molecule has 0 unspecified atom stereocenters. The summed E-state index contributed by atoms with van der Waals surface area (Å²) >= 11 is 1.74. The van der Waals surface area contributed by atoms with E-state index in [9.17, 15) is 4.79 Å². The molecule has 2 heterocycles. The Balaban J connectivity index is 1.68. The first-order chi connectivity index (χ1) is 13.2. The average molecular weight is 379 g/mol. The van der Waals surface area contributed by atoms with Crippen molar-refractivity contribution in [2.75, 3.05) is 24.5 Å². The van der Waals surface area contributed by atoms with Gasteiger partial charge in [0.1, 0.15) is 0 Å². The number of benzene rings is 2. The molecule has 4 rings (SSSR count). The fraction of sp³-hybridized carbons (Fsp3) is 0.227. The third-order valence-electron chi connectivity index (χ3n) is 4.77. The summed E-state index contributed by atoms with van der Waals surface area (Å²) in [5.74, 6) is 1.28. The van der Waals surface area contributed by atoms with E-state index < -0.39 is 0 Å². The van der Waals surface area contributed by atoms with Gasteiger partial charge in [0, 0.05) is 12.1 Å². The Morgan fingerprint density at radius 2 is 1.96 bits per heavy atom. The lowest BCUT2D eigenvalue weighted by atomic mass is 10.1. The number of thioether (sulfide) groups is 1. The van der Waals surface area contributed by atoms with Crippen LogP contribution in [0, 0.1) is 0 Å². The van der Waals surface area contributed by atoms with E-state index in [1.807, 2.05) is 23.1 Å². The minimum absolute atomic E-state index is 0.0269. The molecule has 0 bridgehead atoms. The van der Waals surface area contributed by atoms with Crippen molar-refractivity contribution >= 4 is 29.4 Å². The molecule has 138 valence electrons. The van der Waals surface area contributed by atoms with Crippen LogP contribution in [0.4, 0.5) is 5.69 Å². The summed E-state index contributed by atoms with van der Waals surface area (Å²) in [6.45, 7) is 2.94. The van der Waals surface area contributed by atoms with E-state index in [0.29, 0.717) is 23.6 Å². The molecule has 2 aromatic rings. The second-order valence-corrected chi connectivity index (χ2v) is 7.56. The fourth-order valence-corrected chi connectivity index (χ4v) is 3.59. The zero-order valence-electron chi connectivity index (χ0n) is 15.4. The van der Waals surface area contributed by atoms with Crippen LogP contribution in [0.5, 0.6) is 11.5 Å². The van der Waals surface area contributed by atoms with Gasteiger partial charge in [-0.25, -0.2) is 0 Å². The number of amides is 1. The van der Waals surface area contributed by atoms with Crippen molar-refractivity contribution in [3.8, 4) is 11.5 Å². The molecule has 0 radical (unpaired) electrons. The van der Waals surface area contributed by atoms with Crippen molar-refractivity contribution < 1.29 is 14.3 Å². The summed E-state index contributed by atoms with van der Waals surface area (Å²) in [5.41, 5.74) is 3.83. The van der Waals surface area contributed by atoms with Crippen LogP contribution in [-0.2, 0) is 0 Å². The highest BCUT2D eigenvalue weighted by atomic mass is 32.2. The second kappa shape index (κ2) is 7.53. The van der Waals surface area contributed by atoms with E-state index in [1.54, 1.807) is 30.0 Å². The van der Waals surface area contributed by atoms with Gasteiger partial charge >= 0.3 is 0 Å². The molecular weight excluding hydrogens is 358 g/mol. The third kappa shape index (κ3) is 3.60. The van der Waals surface area contributed by atoms with Gasteiger partial charge in [0.05, 0.1) is 5.69 Å². The molecule has 1 amide bonds. The van der Waals surface area contributed by atoms with Crippen molar-refractivity contribution in [3.63, 3.8) is 0 Å². The fourth-order valence-electron chi connectivity index (χ4n) is 3.32. The van der Waals surface area contributed by atoms with Crippen LogP contribution in [-0.4, -0.2) is 25.5 Å². The molecule has 0 aliphatic carbocycles. The number of ether oxygens (including phenoxy) is 2. The Morgan fingerprint density at radius 1 is 1.15 bits per heavy atom. The van der Waals surface area contributed by atoms with Crippen LogP contribution < -0.4 is 14.4 Å². The molecule has 5 heteroatoms. The molecule has 0 atom stereocenters. The Kier molecular flexibility index (Phi) is 4.94. The Hall–Kier alpha value is -2.66. The van der Waals surface area contributed by atoms with Crippen LogP contribution in [0.15, 0.2) is 59.0 Å². The molecular formula is C22H21NO3S. The van der Waals surface area contributed by atoms with Gasteiger partial charge in [-0.3, -0.25) is 4.79 Å². The van der Waals surface area contributed by atoms with Gasteiger partial charge < -0.3 is 14.4 Å². The van der Waals surface area contributed by atoms with E-state index >= 15 is 0 Å². The predicted molar refractivity (Wildman–Crippen MR) is 111 cm³/mol. The zero-order chi connectivity index (χ0) is 18.8. The summed E-state index contributed by atoms with van der Waals surface area (Å²) in [5, 5.41) is 0. The van der Waals surface area contributed by atoms with Crippen molar-refractivity contribution in [1.29, 1.82) is 0 Å². The van der Waals surface area contributed by atoms with Gasteiger partial charge in [-0.05, 0) is 72.1 Å². The Morgan fingerprint density at radius 3 is 2.81 bits per heavy atom. The van der Waals surface area contributed by atoms with Crippen molar-refractivity contribution in [2.24, 2.45) is 0 Å². The summed E-state index contributed by atoms with van der Waals surface area (Å²) in [6, 6.07) is 13.4. The van der Waals surface area contributed by atoms with Crippen molar-refractivity contribution in [1.82, 2.24) is 0 Å². The van der Waals surface area contributed by atoms with E-state index in [0.717, 1.165) is 17.7 Å². The minimum Gasteiger partial charge on any atom is -0.454 e. The highest BCUT2D eigenvalue weighted by Gasteiger charge is 2.24. The van der Waals surface area contributed by atoms with Crippen molar-refractivity contribution in [2.45, 2.75) is 13.3 Å². The maximum absolute atomic E-state index is 13.3. The summed E-state index contributed by atoms with van der Waals surface area (Å²) < 4.78 is 10.8. The first-order valence-corrected chi connectivity index (χ1v) is 10.1. The number of hydrogen-bond donors (Lipinski definition) is 0. The molecule has 4 nitrogen and oxygen atoms in total. The minimum atomic E-state index is -0.0269. The molecule has 2 aliphatic heterocycles.